The summed E-state index contributed by atoms with van der Waals surface area (Å²) >= 11 is 0. The van der Waals surface area contributed by atoms with Gasteiger partial charge in [0.05, 0.1) is 6.54 Å². The minimum atomic E-state index is 0. The molecule has 0 aliphatic carbocycles. The SMILES string of the molecule is CCCCCCCCCCCCCCN1CC[N+](Cc2ccccc2)=C1C.[Br-]. The van der Waals surface area contributed by atoms with Gasteiger partial charge in [-0.25, -0.2) is 0 Å². The molecule has 0 aromatic heterocycles. The zero-order valence-electron chi connectivity index (χ0n) is 18.5. The Hall–Kier alpha value is -0.830. The summed E-state index contributed by atoms with van der Waals surface area (Å²) < 4.78 is 2.54. The van der Waals surface area contributed by atoms with Crippen molar-refractivity contribution in [2.24, 2.45) is 0 Å². The van der Waals surface area contributed by atoms with Gasteiger partial charge in [-0.3, -0.25) is 9.48 Å². The molecule has 160 valence electrons. The molecule has 1 aliphatic rings. The summed E-state index contributed by atoms with van der Waals surface area (Å²) in [5.41, 5.74) is 1.42. The summed E-state index contributed by atoms with van der Waals surface area (Å²) in [5, 5.41) is 0. The molecular formula is C25H43BrN2. The molecule has 3 heteroatoms. The van der Waals surface area contributed by atoms with E-state index in [9.17, 15) is 0 Å². The fourth-order valence-electron chi connectivity index (χ4n) is 4.18. The number of hydrogen-bond acceptors (Lipinski definition) is 1. The number of hydrogen-bond donors (Lipinski definition) is 0. The van der Waals surface area contributed by atoms with Crippen LogP contribution in [0.2, 0.25) is 0 Å². The number of rotatable bonds is 15. The molecule has 0 saturated carbocycles. The molecule has 0 atom stereocenters. The van der Waals surface area contributed by atoms with Crippen LogP contribution in [-0.2, 0) is 6.54 Å². The van der Waals surface area contributed by atoms with Crippen molar-refractivity contribution in [2.45, 2.75) is 97.4 Å². The highest BCUT2D eigenvalue weighted by Crippen LogP contribution is 2.13. The van der Waals surface area contributed by atoms with Crippen LogP contribution < -0.4 is 17.0 Å². The van der Waals surface area contributed by atoms with Crippen molar-refractivity contribution < 1.29 is 21.6 Å². The first-order valence-corrected chi connectivity index (χ1v) is 11.7. The van der Waals surface area contributed by atoms with E-state index < -0.39 is 0 Å². The fraction of sp³-hybridized carbons (Fsp3) is 0.720. The lowest BCUT2D eigenvalue weighted by Gasteiger charge is -2.11. The van der Waals surface area contributed by atoms with Gasteiger partial charge in [-0.2, -0.15) is 0 Å². The van der Waals surface area contributed by atoms with Gasteiger partial charge < -0.3 is 17.0 Å². The van der Waals surface area contributed by atoms with E-state index in [0.29, 0.717) is 0 Å². The van der Waals surface area contributed by atoms with Crippen LogP contribution in [0.4, 0.5) is 0 Å². The molecule has 1 aromatic carbocycles. The third-order valence-corrected chi connectivity index (χ3v) is 6.05. The van der Waals surface area contributed by atoms with Crippen molar-refractivity contribution in [2.75, 3.05) is 19.6 Å². The number of nitrogens with zero attached hydrogens (tertiary/aromatic N) is 2. The Labute approximate surface area is 185 Å². The largest absolute Gasteiger partial charge is 1.00 e. The molecule has 28 heavy (non-hydrogen) atoms. The molecular weight excluding hydrogens is 408 g/mol. The number of amidine groups is 1. The summed E-state index contributed by atoms with van der Waals surface area (Å²) in [5.74, 6) is 1.47. The lowest BCUT2D eigenvalue weighted by atomic mass is 10.1. The van der Waals surface area contributed by atoms with Crippen molar-refractivity contribution in [3.05, 3.63) is 35.9 Å². The summed E-state index contributed by atoms with van der Waals surface area (Å²) in [6.07, 6.45) is 17.2. The highest BCUT2D eigenvalue weighted by molar-refractivity contribution is 5.75. The van der Waals surface area contributed by atoms with Crippen molar-refractivity contribution in [1.82, 2.24) is 4.90 Å². The number of benzene rings is 1. The van der Waals surface area contributed by atoms with Gasteiger partial charge in [0, 0.05) is 6.92 Å². The van der Waals surface area contributed by atoms with Crippen molar-refractivity contribution >= 4 is 5.84 Å². The van der Waals surface area contributed by atoms with E-state index in [-0.39, 0.29) is 17.0 Å². The summed E-state index contributed by atoms with van der Waals surface area (Å²) in [6.45, 7) is 9.28. The fourth-order valence-corrected chi connectivity index (χ4v) is 4.18. The first kappa shape index (κ1) is 25.2. The molecule has 0 amide bonds. The normalized spacial score (nSPS) is 13.9. The zero-order chi connectivity index (χ0) is 19.2. The minimum absolute atomic E-state index is 0. The molecule has 0 fully saturated rings. The van der Waals surface area contributed by atoms with Gasteiger partial charge in [0.25, 0.3) is 0 Å². The van der Waals surface area contributed by atoms with Crippen LogP contribution in [0.5, 0.6) is 0 Å². The first-order chi connectivity index (χ1) is 13.3. The molecule has 0 spiro atoms. The molecule has 1 heterocycles. The van der Waals surface area contributed by atoms with Crippen LogP contribution in [0.3, 0.4) is 0 Å². The molecule has 2 nitrogen and oxygen atoms in total. The quantitative estimate of drug-likeness (QED) is 0.292. The van der Waals surface area contributed by atoms with Gasteiger partial charge in [0.15, 0.2) is 0 Å². The van der Waals surface area contributed by atoms with Crippen LogP contribution in [0.1, 0.15) is 96.5 Å². The molecule has 0 bridgehead atoms. The Morgan fingerprint density at radius 1 is 0.786 bits per heavy atom. The van der Waals surface area contributed by atoms with Crippen molar-refractivity contribution in [3.63, 3.8) is 0 Å². The number of unbranched alkanes of at least 4 members (excludes halogenated alkanes) is 11. The molecule has 0 saturated heterocycles. The Kier molecular flexibility index (Phi) is 14.4. The van der Waals surface area contributed by atoms with Crippen LogP contribution in [0, 0.1) is 0 Å². The minimum Gasteiger partial charge on any atom is -1.00 e. The lowest BCUT2D eigenvalue weighted by Crippen LogP contribution is -3.00. The second-order valence-corrected chi connectivity index (χ2v) is 8.33. The maximum atomic E-state index is 2.60. The molecule has 1 aliphatic heterocycles. The standard InChI is InChI=1S/C25H43N2.BrH/c1-3-4-5-6-7-8-9-10-11-12-13-17-20-26-21-22-27(24(26)2)23-25-18-15-14-16-19-25;/h14-16,18-19H,3-13,17,20-23H2,1-2H3;1H/q+1;/p-1. The topological polar surface area (TPSA) is 6.25 Å². The van der Waals surface area contributed by atoms with Crippen LogP contribution in [0.15, 0.2) is 30.3 Å². The second-order valence-electron chi connectivity index (χ2n) is 8.33. The third kappa shape index (κ3) is 10.1. The highest BCUT2D eigenvalue weighted by Gasteiger charge is 2.25. The van der Waals surface area contributed by atoms with E-state index >= 15 is 0 Å². The third-order valence-electron chi connectivity index (χ3n) is 6.05. The average molecular weight is 452 g/mol. The van der Waals surface area contributed by atoms with E-state index in [1.165, 1.54) is 108 Å². The van der Waals surface area contributed by atoms with E-state index in [1.807, 2.05) is 0 Å². The zero-order valence-corrected chi connectivity index (χ0v) is 20.1. The maximum absolute atomic E-state index is 2.60. The highest BCUT2D eigenvalue weighted by atomic mass is 79.9. The van der Waals surface area contributed by atoms with Gasteiger partial charge in [-0.1, -0.05) is 101 Å². The summed E-state index contributed by atoms with van der Waals surface area (Å²) in [4.78, 5) is 2.60. The van der Waals surface area contributed by atoms with Crippen molar-refractivity contribution in [1.29, 1.82) is 0 Å². The van der Waals surface area contributed by atoms with Gasteiger partial charge in [0.1, 0.15) is 19.6 Å². The van der Waals surface area contributed by atoms with Gasteiger partial charge in [0.2, 0.25) is 5.84 Å². The lowest BCUT2D eigenvalue weighted by molar-refractivity contribution is -0.534. The van der Waals surface area contributed by atoms with Crippen LogP contribution in [-0.4, -0.2) is 34.9 Å². The molecule has 2 rings (SSSR count). The Bertz CT molecular complexity index is 527. The van der Waals surface area contributed by atoms with Gasteiger partial charge in [-0.05, 0) is 18.4 Å². The Morgan fingerprint density at radius 3 is 1.89 bits per heavy atom. The monoisotopic (exact) mass is 450 g/mol. The van der Waals surface area contributed by atoms with Crippen molar-refractivity contribution in [3.8, 4) is 0 Å². The molecule has 0 radical (unpaired) electrons. The van der Waals surface area contributed by atoms with Gasteiger partial charge >= 0.3 is 0 Å². The summed E-state index contributed by atoms with van der Waals surface area (Å²) in [7, 11) is 0. The van der Waals surface area contributed by atoms with E-state index in [2.05, 4.69) is 53.7 Å². The molecule has 1 aromatic rings. The first-order valence-electron chi connectivity index (χ1n) is 11.7. The van der Waals surface area contributed by atoms with Gasteiger partial charge in [-0.15, -0.1) is 0 Å². The van der Waals surface area contributed by atoms with Crippen LogP contribution in [0.25, 0.3) is 0 Å². The predicted octanol–water partition coefficient (Wildman–Crippen LogP) is 3.64. The Morgan fingerprint density at radius 2 is 1.32 bits per heavy atom. The number of halogens is 1. The van der Waals surface area contributed by atoms with E-state index in [1.54, 1.807) is 0 Å². The summed E-state index contributed by atoms with van der Waals surface area (Å²) in [6, 6.07) is 10.9. The smallest absolute Gasteiger partial charge is 0.244 e. The van der Waals surface area contributed by atoms with E-state index in [0.717, 1.165) is 6.54 Å². The Balaban J connectivity index is 0.00000392. The van der Waals surface area contributed by atoms with Crippen LogP contribution >= 0.6 is 0 Å². The molecule has 0 N–H and O–H groups in total. The second kappa shape index (κ2) is 16.0. The van der Waals surface area contributed by atoms with E-state index in [4.69, 9.17) is 0 Å². The molecule has 0 unspecified atom stereocenters. The predicted molar refractivity (Wildman–Crippen MR) is 119 cm³/mol. The average Bonchev–Trinajstić information content (AvgIpc) is 3.03. The maximum Gasteiger partial charge on any atom is 0.244 e.